The summed E-state index contributed by atoms with van der Waals surface area (Å²) in [6.45, 7) is 0. The molecule has 0 saturated heterocycles. The molecule has 0 bridgehead atoms. The SMILES string of the molecule is NC(=S)N(NC=O)c1conn1. The number of hydrogen-bond donors (Lipinski definition) is 2. The van der Waals surface area contributed by atoms with Gasteiger partial charge >= 0.3 is 0 Å². The number of thiocarbonyl (C=S) groups is 1. The van der Waals surface area contributed by atoms with Gasteiger partial charge in [0.25, 0.3) is 0 Å². The summed E-state index contributed by atoms with van der Waals surface area (Å²) in [6, 6.07) is 0. The molecule has 0 fully saturated rings. The third-order valence-corrected chi connectivity index (χ3v) is 1.16. The van der Waals surface area contributed by atoms with Crippen LogP contribution in [0.5, 0.6) is 0 Å². The third-order valence-electron chi connectivity index (χ3n) is 0.980. The molecule has 7 nitrogen and oxygen atoms in total. The molecule has 1 aromatic heterocycles. The molecule has 12 heavy (non-hydrogen) atoms. The molecule has 1 amide bonds. The lowest BCUT2D eigenvalue weighted by molar-refractivity contribution is -0.109. The Labute approximate surface area is 72.5 Å². The van der Waals surface area contributed by atoms with Gasteiger partial charge in [0.15, 0.2) is 11.4 Å². The van der Waals surface area contributed by atoms with Crippen LogP contribution in [0.4, 0.5) is 5.82 Å². The quantitative estimate of drug-likeness (QED) is 0.347. The van der Waals surface area contributed by atoms with Crippen molar-refractivity contribution in [1.29, 1.82) is 0 Å². The first kappa shape index (κ1) is 8.40. The van der Waals surface area contributed by atoms with E-state index in [4.69, 9.17) is 5.73 Å². The molecule has 1 aromatic rings. The van der Waals surface area contributed by atoms with Crippen LogP contribution in [0.1, 0.15) is 0 Å². The van der Waals surface area contributed by atoms with E-state index >= 15 is 0 Å². The highest BCUT2D eigenvalue weighted by atomic mass is 32.1. The minimum Gasteiger partial charge on any atom is -0.374 e. The predicted molar refractivity (Wildman–Crippen MR) is 42.8 cm³/mol. The van der Waals surface area contributed by atoms with Crippen LogP contribution in [-0.4, -0.2) is 21.9 Å². The van der Waals surface area contributed by atoms with Crippen molar-refractivity contribution in [3.8, 4) is 0 Å². The van der Waals surface area contributed by atoms with Crippen molar-refractivity contribution in [1.82, 2.24) is 15.8 Å². The van der Waals surface area contributed by atoms with Crippen LogP contribution < -0.4 is 16.2 Å². The number of amides is 1. The van der Waals surface area contributed by atoms with Gasteiger partial charge in [-0.2, -0.15) is 0 Å². The van der Waals surface area contributed by atoms with E-state index in [1.165, 1.54) is 6.26 Å². The van der Waals surface area contributed by atoms with Crippen LogP contribution >= 0.6 is 12.2 Å². The number of nitrogens with two attached hydrogens (primary N) is 1. The number of nitrogens with one attached hydrogen (secondary N) is 1. The van der Waals surface area contributed by atoms with Gasteiger partial charge < -0.3 is 10.3 Å². The standard InChI is InChI=1S/C4H5N5O2S/c5-4(12)9(6-2-10)3-1-11-8-7-3/h1-2H,(H2,5,12)(H,6,10). The Kier molecular flexibility index (Phi) is 2.53. The van der Waals surface area contributed by atoms with Gasteiger partial charge in [-0.15, -0.1) is 0 Å². The van der Waals surface area contributed by atoms with Crippen molar-refractivity contribution in [2.24, 2.45) is 5.73 Å². The van der Waals surface area contributed by atoms with Gasteiger partial charge in [-0.3, -0.25) is 10.2 Å². The molecule has 0 aliphatic rings. The number of nitrogens with zero attached hydrogens (tertiary/aromatic N) is 3. The molecule has 3 N–H and O–H groups in total. The topological polar surface area (TPSA) is 97.3 Å². The first-order valence-corrected chi connectivity index (χ1v) is 3.23. The average molecular weight is 187 g/mol. The fourth-order valence-electron chi connectivity index (χ4n) is 0.552. The first-order chi connectivity index (χ1) is 5.75. The van der Waals surface area contributed by atoms with Crippen LogP contribution in [0.25, 0.3) is 0 Å². The van der Waals surface area contributed by atoms with Crippen molar-refractivity contribution in [3.05, 3.63) is 6.26 Å². The van der Waals surface area contributed by atoms with E-state index in [0.717, 1.165) is 5.01 Å². The Morgan fingerprint density at radius 2 is 2.67 bits per heavy atom. The van der Waals surface area contributed by atoms with Crippen LogP contribution in [-0.2, 0) is 4.79 Å². The van der Waals surface area contributed by atoms with Crippen molar-refractivity contribution >= 4 is 29.6 Å². The summed E-state index contributed by atoms with van der Waals surface area (Å²) in [5, 5.41) is 7.64. The Bertz CT molecular complexity index is 273. The number of hydrazine groups is 1. The van der Waals surface area contributed by atoms with Crippen LogP contribution in [0.2, 0.25) is 0 Å². The molecule has 0 aromatic carbocycles. The second-order valence-electron chi connectivity index (χ2n) is 1.68. The second-order valence-corrected chi connectivity index (χ2v) is 2.10. The Morgan fingerprint density at radius 3 is 3.08 bits per heavy atom. The lowest BCUT2D eigenvalue weighted by Crippen LogP contribution is -2.45. The molecule has 8 heteroatoms. The van der Waals surface area contributed by atoms with E-state index in [9.17, 15) is 4.79 Å². The highest BCUT2D eigenvalue weighted by Crippen LogP contribution is 2.04. The van der Waals surface area contributed by atoms with Gasteiger partial charge in [-0.05, 0) is 12.2 Å². The van der Waals surface area contributed by atoms with Crippen LogP contribution in [0.3, 0.4) is 0 Å². The number of carbonyl (C=O) groups is 1. The van der Waals surface area contributed by atoms with Gasteiger partial charge in [0.1, 0.15) is 0 Å². The maximum absolute atomic E-state index is 10.1. The van der Waals surface area contributed by atoms with E-state index in [0.29, 0.717) is 6.41 Å². The molecular weight excluding hydrogens is 182 g/mol. The zero-order valence-electron chi connectivity index (χ0n) is 5.80. The van der Waals surface area contributed by atoms with E-state index in [-0.39, 0.29) is 10.9 Å². The van der Waals surface area contributed by atoms with Crippen molar-refractivity contribution in [3.63, 3.8) is 0 Å². The predicted octanol–water partition coefficient (Wildman–Crippen LogP) is -1.22. The molecule has 0 radical (unpaired) electrons. The monoisotopic (exact) mass is 187 g/mol. The van der Waals surface area contributed by atoms with Gasteiger partial charge in [-0.25, -0.2) is 5.01 Å². The Hall–Kier alpha value is -1.70. The maximum atomic E-state index is 10.1. The second kappa shape index (κ2) is 3.62. The van der Waals surface area contributed by atoms with Gasteiger partial charge in [0, 0.05) is 5.27 Å². The van der Waals surface area contributed by atoms with E-state index < -0.39 is 0 Å². The van der Waals surface area contributed by atoms with Gasteiger partial charge in [0.05, 0.1) is 0 Å². The first-order valence-electron chi connectivity index (χ1n) is 2.82. The lowest BCUT2D eigenvalue weighted by atomic mass is 10.7. The fraction of sp³-hybridized carbons (Fsp3) is 0. The molecule has 0 spiro atoms. The van der Waals surface area contributed by atoms with Crippen molar-refractivity contribution < 1.29 is 9.32 Å². The maximum Gasteiger partial charge on any atom is 0.226 e. The third kappa shape index (κ3) is 1.66. The molecule has 0 aliphatic heterocycles. The summed E-state index contributed by atoms with van der Waals surface area (Å²) >= 11 is 4.60. The van der Waals surface area contributed by atoms with Gasteiger partial charge in [-0.1, -0.05) is 5.10 Å². The van der Waals surface area contributed by atoms with E-state index in [2.05, 4.69) is 32.5 Å². The molecular formula is C4H5N5O2S. The molecule has 0 atom stereocenters. The van der Waals surface area contributed by atoms with Crippen LogP contribution in [0.15, 0.2) is 10.8 Å². The highest BCUT2D eigenvalue weighted by Gasteiger charge is 2.11. The summed E-state index contributed by atoms with van der Waals surface area (Å²) in [5.41, 5.74) is 7.45. The summed E-state index contributed by atoms with van der Waals surface area (Å²) in [6.07, 6.45) is 1.60. The van der Waals surface area contributed by atoms with Crippen molar-refractivity contribution in [2.45, 2.75) is 0 Å². The Morgan fingerprint density at radius 1 is 1.92 bits per heavy atom. The largest absolute Gasteiger partial charge is 0.374 e. The number of hydrogen-bond acceptors (Lipinski definition) is 5. The van der Waals surface area contributed by atoms with Crippen molar-refractivity contribution in [2.75, 3.05) is 5.01 Å². The minimum absolute atomic E-state index is 0.0576. The molecule has 0 unspecified atom stereocenters. The number of anilines is 1. The number of aromatic nitrogens is 2. The van der Waals surface area contributed by atoms with Crippen LogP contribution in [0, 0.1) is 0 Å². The normalized spacial score (nSPS) is 9.00. The summed E-state index contributed by atoms with van der Waals surface area (Å²) in [7, 11) is 0. The molecule has 64 valence electrons. The highest BCUT2D eigenvalue weighted by molar-refractivity contribution is 7.80. The minimum atomic E-state index is -0.0576. The average Bonchev–Trinajstić information content (AvgIpc) is 2.51. The van der Waals surface area contributed by atoms with E-state index in [1.807, 2.05) is 0 Å². The zero-order chi connectivity index (χ0) is 8.97. The molecule has 1 heterocycles. The summed E-state index contributed by atoms with van der Waals surface area (Å²) in [4.78, 5) is 10.1. The zero-order valence-corrected chi connectivity index (χ0v) is 6.61. The molecule has 0 aliphatic carbocycles. The Balaban J connectivity index is 2.80. The molecule has 0 saturated carbocycles. The van der Waals surface area contributed by atoms with Gasteiger partial charge in [0.2, 0.25) is 12.2 Å². The number of rotatable bonds is 3. The summed E-state index contributed by atoms with van der Waals surface area (Å²) < 4.78 is 4.42. The number of carbonyl (C=O) groups excluding carboxylic acids is 1. The summed E-state index contributed by atoms with van der Waals surface area (Å²) in [5.74, 6) is 0.217. The fourth-order valence-corrected chi connectivity index (χ4v) is 0.699. The lowest BCUT2D eigenvalue weighted by Gasteiger charge is -2.15. The molecule has 1 rings (SSSR count). The van der Waals surface area contributed by atoms with E-state index in [1.54, 1.807) is 0 Å². The smallest absolute Gasteiger partial charge is 0.226 e.